The van der Waals surface area contributed by atoms with Crippen LogP contribution in [0.2, 0.25) is 0 Å². The Hall–Kier alpha value is -2.14. The third-order valence-corrected chi connectivity index (χ3v) is 6.36. The van der Waals surface area contributed by atoms with E-state index in [0.29, 0.717) is 16.4 Å². The third kappa shape index (κ3) is 6.20. The molecule has 2 N–H and O–H groups in total. The number of unbranched alkanes of at least 4 members (excludes halogenated alkanes) is 2. The van der Waals surface area contributed by atoms with Crippen molar-refractivity contribution >= 4 is 50.4 Å². The first-order valence-electron chi connectivity index (χ1n) is 8.80. The molecule has 2 aromatic rings. The van der Waals surface area contributed by atoms with Crippen molar-refractivity contribution in [1.82, 2.24) is 9.62 Å². The van der Waals surface area contributed by atoms with Crippen LogP contribution in [0.15, 0.2) is 59.5 Å². The second kappa shape index (κ2) is 10.4. The average molecular weight is 515 g/mol. The first-order chi connectivity index (χ1) is 13.3. The van der Waals surface area contributed by atoms with Crippen LogP contribution in [-0.2, 0) is 10.0 Å². The van der Waals surface area contributed by atoms with Crippen LogP contribution in [0.3, 0.4) is 0 Å². The van der Waals surface area contributed by atoms with Gasteiger partial charge in [0.25, 0.3) is 10.0 Å². The number of carbonyl (C=O) groups excluding carboxylic acids is 2. The molecule has 150 valence electrons. The van der Waals surface area contributed by atoms with E-state index in [1.54, 1.807) is 42.5 Å². The fourth-order valence-electron chi connectivity index (χ4n) is 2.41. The molecular weight excluding hydrogens is 493 g/mol. The number of hydrogen-bond donors (Lipinski definition) is 2. The first kappa shape index (κ1) is 22.2. The Labute approximate surface area is 178 Å². The molecule has 0 atom stereocenters. The lowest BCUT2D eigenvalue weighted by molar-refractivity contribution is 0.218. The smallest absolute Gasteiger partial charge is 0.308 e. The van der Waals surface area contributed by atoms with Crippen LogP contribution in [-0.4, -0.2) is 31.3 Å². The van der Waals surface area contributed by atoms with Gasteiger partial charge in [-0.3, -0.25) is 5.32 Å². The van der Waals surface area contributed by atoms with Crippen LogP contribution in [0.4, 0.5) is 15.3 Å². The van der Waals surface area contributed by atoms with Crippen molar-refractivity contribution in [2.45, 2.75) is 31.1 Å². The number of benzene rings is 2. The second-order valence-corrected chi connectivity index (χ2v) is 9.10. The standard InChI is InChI=1S/C19H22IN3O4S/c1-2-3-7-14-23(28(26,27)17-8-5-4-6-9-17)19(25)22-18(24)21-16-12-10-15(20)11-13-16/h4-6,8-13H,2-3,7,14H2,1H3,(H2,21,22,24,25). The molecular formula is C19H22IN3O4S. The molecule has 2 aromatic carbocycles. The number of halogens is 1. The highest BCUT2D eigenvalue weighted by Crippen LogP contribution is 2.17. The van der Waals surface area contributed by atoms with Gasteiger partial charge >= 0.3 is 12.1 Å². The average Bonchev–Trinajstić information content (AvgIpc) is 2.67. The van der Waals surface area contributed by atoms with Crippen LogP contribution in [0.25, 0.3) is 0 Å². The lowest BCUT2D eigenvalue weighted by Crippen LogP contribution is -2.47. The number of urea groups is 2. The fraction of sp³-hybridized carbons (Fsp3) is 0.263. The van der Waals surface area contributed by atoms with E-state index in [1.165, 1.54) is 12.1 Å². The van der Waals surface area contributed by atoms with E-state index < -0.39 is 22.1 Å². The molecule has 0 spiro atoms. The summed E-state index contributed by atoms with van der Waals surface area (Å²) in [6.45, 7) is 1.97. The molecule has 0 unspecified atom stereocenters. The molecule has 0 radical (unpaired) electrons. The Morgan fingerprint density at radius 3 is 2.25 bits per heavy atom. The molecule has 0 aliphatic heterocycles. The number of sulfonamides is 1. The molecule has 0 heterocycles. The molecule has 2 rings (SSSR count). The number of nitrogens with one attached hydrogen (secondary N) is 2. The maximum Gasteiger partial charge on any atom is 0.339 e. The normalized spacial score (nSPS) is 10.9. The van der Waals surface area contributed by atoms with Crippen molar-refractivity contribution < 1.29 is 18.0 Å². The minimum absolute atomic E-state index is 0.000286. The Morgan fingerprint density at radius 2 is 1.64 bits per heavy atom. The van der Waals surface area contributed by atoms with Crippen LogP contribution in [0.1, 0.15) is 26.2 Å². The summed E-state index contributed by atoms with van der Waals surface area (Å²) >= 11 is 2.13. The van der Waals surface area contributed by atoms with Crippen molar-refractivity contribution in [3.8, 4) is 0 Å². The Kier molecular flexibility index (Phi) is 8.24. The van der Waals surface area contributed by atoms with Crippen molar-refractivity contribution in [2.75, 3.05) is 11.9 Å². The van der Waals surface area contributed by atoms with E-state index in [4.69, 9.17) is 0 Å². The molecule has 9 heteroatoms. The van der Waals surface area contributed by atoms with Crippen LogP contribution < -0.4 is 10.6 Å². The summed E-state index contributed by atoms with van der Waals surface area (Å²) in [6, 6.07) is 12.9. The van der Waals surface area contributed by atoms with Gasteiger partial charge in [0.1, 0.15) is 0 Å². The van der Waals surface area contributed by atoms with Crippen molar-refractivity contribution in [3.63, 3.8) is 0 Å². The molecule has 28 heavy (non-hydrogen) atoms. The summed E-state index contributed by atoms with van der Waals surface area (Å²) in [6.07, 6.45) is 2.14. The molecule has 4 amide bonds. The molecule has 0 aliphatic rings. The monoisotopic (exact) mass is 515 g/mol. The number of hydrogen-bond acceptors (Lipinski definition) is 4. The van der Waals surface area contributed by atoms with Gasteiger partial charge in [0.05, 0.1) is 4.90 Å². The number of rotatable bonds is 7. The number of carbonyl (C=O) groups is 2. The SMILES string of the molecule is CCCCCN(C(=O)NC(=O)Nc1ccc(I)cc1)S(=O)(=O)c1ccccc1. The van der Waals surface area contributed by atoms with Crippen molar-refractivity contribution in [3.05, 3.63) is 58.2 Å². The lowest BCUT2D eigenvalue weighted by Gasteiger charge is -2.22. The molecule has 0 saturated carbocycles. The molecule has 0 aliphatic carbocycles. The van der Waals surface area contributed by atoms with E-state index in [2.05, 4.69) is 33.2 Å². The number of amides is 4. The molecule has 0 aromatic heterocycles. The summed E-state index contributed by atoms with van der Waals surface area (Å²) in [5.74, 6) is 0. The molecule has 0 saturated heterocycles. The largest absolute Gasteiger partial charge is 0.339 e. The van der Waals surface area contributed by atoms with E-state index in [0.717, 1.165) is 16.4 Å². The number of nitrogens with zero attached hydrogens (tertiary/aromatic N) is 1. The van der Waals surface area contributed by atoms with Crippen LogP contribution >= 0.6 is 22.6 Å². The summed E-state index contributed by atoms with van der Waals surface area (Å²) in [5, 5.41) is 4.62. The molecule has 7 nitrogen and oxygen atoms in total. The van der Waals surface area contributed by atoms with E-state index in [1.807, 2.05) is 6.92 Å². The highest BCUT2D eigenvalue weighted by Gasteiger charge is 2.29. The van der Waals surface area contributed by atoms with Crippen molar-refractivity contribution in [1.29, 1.82) is 0 Å². The summed E-state index contributed by atoms with van der Waals surface area (Å²) in [7, 11) is -4.06. The van der Waals surface area contributed by atoms with Gasteiger partial charge in [-0.15, -0.1) is 0 Å². The predicted octanol–water partition coefficient (Wildman–Crippen LogP) is 4.41. The van der Waals surface area contributed by atoms with Gasteiger partial charge in [0.15, 0.2) is 0 Å². The lowest BCUT2D eigenvalue weighted by atomic mass is 10.2. The highest BCUT2D eigenvalue weighted by atomic mass is 127. The maximum absolute atomic E-state index is 12.9. The zero-order valence-electron chi connectivity index (χ0n) is 15.4. The summed E-state index contributed by atoms with van der Waals surface area (Å²) in [5.41, 5.74) is 0.495. The Bertz CT molecular complexity index is 903. The van der Waals surface area contributed by atoms with Crippen molar-refractivity contribution in [2.24, 2.45) is 0 Å². The quantitative estimate of drug-likeness (QED) is 0.422. The third-order valence-electron chi connectivity index (χ3n) is 3.85. The minimum atomic E-state index is -4.06. The van der Waals surface area contributed by atoms with Gasteiger partial charge in [0.2, 0.25) is 0 Å². The zero-order valence-corrected chi connectivity index (χ0v) is 18.4. The van der Waals surface area contributed by atoms with Gasteiger partial charge in [-0.1, -0.05) is 38.0 Å². The maximum atomic E-state index is 12.9. The molecule has 0 fully saturated rings. The summed E-state index contributed by atoms with van der Waals surface area (Å²) < 4.78 is 27.5. The highest BCUT2D eigenvalue weighted by molar-refractivity contribution is 14.1. The number of imide groups is 1. The second-order valence-electron chi connectivity index (χ2n) is 5.99. The topological polar surface area (TPSA) is 95.6 Å². The van der Waals surface area contributed by atoms with E-state index in [9.17, 15) is 18.0 Å². The predicted molar refractivity (Wildman–Crippen MR) is 117 cm³/mol. The Balaban J connectivity index is 2.14. The van der Waals surface area contributed by atoms with Crippen LogP contribution in [0.5, 0.6) is 0 Å². The van der Waals surface area contributed by atoms with Gasteiger partial charge in [-0.2, -0.15) is 0 Å². The fourth-order valence-corrected chi connectivity index (χ4v) is 4.16. The number of anilines is 1. The summed E-state index contributed by atoms with van der Waals surface area (Å²) in [4.78, 5) is 24.7. The van der Waals surface area contributed by atoms with Gasteiger partial charge in [-0.05, 0) is 65.4 Å². The van der Waals surface area contributed by atoms with E-state index >= 15 is 0 Å². The minimum Gasteiger partial charge on any atom is -0.308 e. The first-order valence-corrected chi connectivity index (χ1v) is 11.3. The Morgan fingerprint density at radius 1 is 1.00 bits per heavy atom. The molecule has 0 bridgehead atoms. The van der Waals surface area contributed by atoms with Gasteiger partial charge in [-0.25, -0.2) is 22.3 Å². The van der Waals surface area contributed by atoms with E-state index in [-0.39, 0.29) is 11.4 Å². The van der Waals surface area contributed by atoms with Crippen LogP contribution in [0, 0.1) is 3.57 Å². The zero-order chi connectivity index (χ0) is 20.6. The van der Waals surface area contributed by atoms with Gasteiger partial charge < -0.3 is 5.32 Å². The van der Waals surface area contributed by atoms with Gasteiger partial charge in [0, 0.05) is 15.8 Å².